The van der Waals surface area contributed by atoms with Crippen LogP contribution < -0.4 is 5.32 Å². The minimum atomic E-state index is -0.571. The van der Waals surface area contributed by atoms with Crippen LogP contribution in [0.2, 0.25) is 5.02 Å². The van der Waals surface area contributed by atoms with Crippen LogP contribution in [0.25, 0.3) is 0 Å². The summed E-state index contributed by atoms with van der Waals surface area (Å²) in [5.74, 6) is -1.14. The van der Waals surface area contributed by atoms with Crippen molar-refractivity contribution in [3.05, 3.63) is 68.7 Å². The molecule has 0 saturated carbocycles. The van der Waals surface area contributed by atoms with E-state index in [4.69, 9.17) is 11.6 Å². The van der Waals surface area contributed by atoms with Crippen molar-refractivity contribution < 1.29 is 8.78 Å². The predicted molar refractivity (Wildman–Crippen MR) is 81.0 cm³/mol. The molecule has 0 fully saturated rings. The first-order chi connectivity index (χ1) is 9.51. The van der Waals surface area contributed by atoms with Crippen molar-refractivity contribution in [1.82, 2.24) is 5.32 Å². The fraction of sp³-hybridized carbons (Fsp3) is 0.200. The SMILES string of the molecule is CNC(Cc1cccc(Cl)c1)c1c(F)cc(Br)cc1F. The fourth-order valence-electron chi connectivity index (χ4n) is 2.13. The van der Waals surface area contributed by atoms with Gasteiger partial charge in [-0.05, 0) is 43.3 Å². The third-order valence-corrected chi connectivity index (χ3v) is 3.76. The molecule has 0 saturated heterocycles. The van der Waals surface area contributed by atoms with E-state index >= 15 is 0 Å². The lowest BCUT2D eigenvalue weighted by Crippen LogP contribution is -2.21. The first-order valence-electron chi connectivity index (χ1n) is 6.07. The lowest BCUT2D eigenvalue weighted by atomic mass is 9.98. The summed E-state index contributed by atoms with van der Waals surface area (Å²) in [5.41, 5.74) is 0.953. The number of hydrogen-bond acceptors (Lipinski definition) is 1. The molecule has 5 heteroatoms. The van der Waals surface area contributed by atoms with Gasteiger partial charge in [-0.15, -0.1) is 0 Å². The zero-order valence-corrected chi connectivity index (χ0v) is 13.1. The largest absolute Gasteiger partial charge is 0.313 e. The van der Waals surface area contributed by atoms with Crippen LogP contribution in [0, 0.1) is 11.6 Å². The maximum Gasteiger partial charge on any atom is 0.132 e. The molecule has 0 bridgehead atoms. The van der Waals surface area contributed by atoms with E-state index in [2.05, 4.69) is 21.2 Å². The van der Waals surface area contributed by atoms with Gasteiger partial charge in [-0.25, -0.2) is 8.78 Å². The normalized spacial score (nSPS) is 12.4. The molecule has 0 aliphatic rings. The summed E-state index contributed by atoms with van der Waals surface area (Å²) in [6.45, 7) is 0. The van der Waals surface area contributed by atoms with Crippen molar-refractivity contribution in [1.29, 1.82) is 0 Å². The zero-order chi connectivity index (χ0) is 14.7. The van der Waals surface area contributed by atoms with E-state index in [9.17, 15) is 8.78 Å². The molecule has 1 atom stereocenters. The summed E-state index contributed by atoms with van der Waals surface area (Å²) in [6, 6.07) is 9.33. The molecule has 2 aromatic carbocycles. The van der Waals surface area contributed by atoms with Crippen molar-refractivity contribution in [2.24, 2.45) is 0 Å². The highest BCUT2D eigenvalue weighted by Crippen LogP contribution is 2.27. The first-order valence-corrected chi connectivity index (χ1v) is 7.24. The van der Waals surface area contributed by atoms with Gasteiger partial charge in [0.15, 0.2) is 0 Å². The van der Waals surface area contributed by atoms with Gasteiger partial charge in [0.2, 0.25) is 0 Å². The van der Waals surface area contributed by atoms with Crippen LogP contribution in [0.4, 0.5) is 8.78 Å². The van der Waals surface area contributed by atoms with E-state index in [0.717, 1.165) is 5.56 Å². The maximum atomic E-state index is 14.0. The molecule has 0 aliphatic heterocycles. The Hall–Kier alpha value is -0.970. The van der Waals surface area contributed by atoms with Gasteiger partial charge >= 0.3 is 0 Å². The molecule has 0 amide bonds. The van der Waals surface area contributed by atoms with Gasteiger partial charge < -0.3 is 5.32 Å². The minimum Gasteiger partial charge on any atom is -0.313 e. The highest BCUT2D eigenvalue weighted by Gasteiger charge is 2.20. The Morgan fingerprint density at radius 2 is 1.85 bits per heavy atom. The number of likely N-dealkylation sites (N-methyl/N-ethyl adjacent to an activating group) is 1. The maximum absolute atomic E-state index is 14.0. The molecule has 2 rings (SSSR count). The molecule has 0 aromatic heterocycles. The molecule has 0 radical (unpaired) electrons. The topological polar surface area (TPSA) is 12.0 Å². The first kappa shape index (κ1) is 15.4. The quantitative estimate of drug-likeness (QED) is 0.819. The summed E-state index contributed by atoms with van der Waals surface area (Å²) in [7, 11) is 1.68. The standard InChI is InChI=1S/C15H13BrClF2N/c1-20-14(6-9-3-2-4-11(17)5-9)15-12(18)7-10(16)8-13(15)19/h2-5,7-8,14,20H,6H2,1H3. The predicted octanol–water partition coefficient (Wildman–Crippen LogP) is 4.88. The van der Waals surface area contributed by atoms with Gasteiger partial charge in [0.05, 0.1) is 0 Å². The summed E-state index contributed by atoms with van der Waals surface area (Å²) < 4.78 is 28.4. The second-order valence-corrected chi connectivity index (χ2v) is 5.81. The van der Waals surface area contributed by atoms with Crippen LogP contribution in [-0.2, 0) is 6.42 Å². The second kappa shape index (κ2) is 6.66. The Balaban J connectivity index is 2.34. The van der Waals surface area contributed by atoms with Crippen molar-refractivity contribution in [3.63, 3.8) is 0 Å². The number of hydrogen-bond donors (Lipinski definition) is 1. The zero-order valence-electron chi connectivity index (χ0n) is 10.8. The average molecular weight is 361 g/mol. The molecule has 0 aliphatic carbocycles. The van der Waals surface area contributed by atoms with Crippen LogP contribution in [0.1, 0.15) is 17.2 Å². The number of benzene rings is 2. The molecule has 20 heavy (non-hydrogen) atoms. The Morgan fingerprint density at radius 1 is 1.20 bits per heavy atom. The molecule has 2 aromatic rings. The molecule has 106 valence electrons. The highest BCUT2D eigenvalue weighted by atomic mass is 79.9. The summed E-state index contributed by atoms with van der Waals surface area (Å²) in [5, 5.41) is 3.55. The van der Waals surface area contributed by atoms with E-state index < -0.39 is 17.7 Å². The van der Waals surface area contributed by atoms with Gasteiger partial charge in [0, 0.05) is 21.1 Å². The molecule has 0 spiro atoms. The van der Waals surface area contributed by atoms with Crippen LogP contribution in [0.15, 0.2) is 40.9 Å². The van der Waals surface area contributed by atoms with Gasteiger partial charge in [0.1, 0.15) is 11.6 Å². The van der Waals surface area contributed by atoms with Crippen LogP contribution >= 0.6 is 27.5 Å². The molecular weight excluding hydrogens is 348 g/mol. The third kappa shape index (κ3) is 3.57. The number of rotatable bonds is 4. The Labute approximate surface area is 130 Å². The van der Waals surface area contributed by atoms with Gasteiger partial charge in [-0.3, -0.25) is 0 Å². The molecule has 1 nitrogen and oxygen atoms in total. The Morgan fingerprint density at radius 3 is 2.40 bits per heavy atom. The summed E-state index contributed by atoms with van der Waals surface area (Å²) in [6.07, 6.45) is 0.451. The lowest BCUT2D eigenvalue weighted by Gasteiger charge is -2.18. The van der Waals surface area contributed by atoms with Crippen molar-refractivity contribution in [3.8, 4) is 0 Å². The van der Waals surface area contributed by atoms with Crippen LogP contribution in [0.3, 0.4) is 0 Å². The third-order valence-electron chi connectivity index (χ3n) is 3.07. The van der Waals surface area contributed by atoms with Crippen LogP contribution in [0.5, 0.6) is 0 Å². The highest BCUT2D eigenvalue weighted by molar-refractivity contribution is 9.10. The van der Waals surface area contributed by atoms with Crippen molar-refractivity contribution >= 4 is 27.5 Å². The van der Waals surface area contributed by atoms with Crippen molar-refractivity contribution in [2.75, 3.05) is 7.05 Å². The monoisotopic (exact) mass is 359 g/mol. The second-order valence-electron chi connectivity index (χ2n) is 4.46. The van der Waals surface area contributed by atoms with Crippen LogP contribution in [-0.4, -0.2) is 7.05 Å². The number of nitrogens with one attached hydrogen (secondary N) is 1. The van der Waals surface area contributed by atoms with Gasteiger partial charge in [-0.2, -0.15) is 0 Å². The van der Waals surface area contributed by atoms with Gasteiger partial charge in [-0.1, -0.05) is 39.7 Å². The van der Waals surface area contributed by atoms with E-state index in [0.29, 0.717) is 15.9 Å². The van der Waals surface area contributed by atoms with E-state index in [1.165, 1.54) is 12.1 Å². The summed E-state index contributed by atoms with van der Waals surface area (Å²) >= 11 is 9.00. The lowest BCUT2D eigenvalue weighted by molar-refractivity contribution is 0.488. The molecule has 1 N–H and O–H groups in total. The number of halogens is 4. The van der Waals surface area contributed by atoms with E-state index in [-0.39, 0.29) is 5.56 Å². The van der Waals surface area contributed by atoms with E-state index in [1.807, 2.05) is 12.1 Å². The Bertz CT molecular complexity index is 596. The average Bonchev–Trinajstić information content (AvgIpc) is 2.36. The molecule has 1 unspecified atom stereocenters. The summed E-state index contributed by atoms with van der Waals surface area (Å²) in [4.78, 5) is 0. The minimum absolute atomic E-state index is 0.0377. The molecular formula is C15H13BrClF2N. The van der Waals surface area contributed by atoms with E-state index in [1.54, 1.807) is 19.2 Å². The molecule has 0 heterocycles. The smallest absolute Gasteiger partial charge is 0.132 e. The van der Waals surface area contributed by atoms with Gasteiger partial charge in [0.25, 0.3) is 0 Å². The van der Waals surface area contributed by atoms with Crippen molar-refractivity contribution in [2.45, 2.75) is 12.5 Å². The Kier molecular flexibility index (Phi) is 5.13. The fourth-order valence-corrected chi connectivity index (χ4v) is 2.75.